The van der Waals surface area contributed by atoms with Gasteiger partial charge in [0, 0.05) is 6.42 Å². The van der Waals surface area contributed by atoms with E-state index in [1.54, 1.807) is 0 Å². The van der Waals surface area contributed by atoms with Crippen LogP contribution in [0.15, 0.2) is 0 Å². The topological polar surface area (TPSA) is 95.9 Å². The second-order valence-electron chi connectivity index (χ2n) is 15.5. The van der Waals surface area contributed by atoms with E-state index in [0.29, 0.717) is 19.3 Å². The zero-order chi connectivity index (χ0) is 36.8. The molecule has 298 valence electrons. The van der Waals surface area contributed by atoms with Crippen LogP contribution in [-0.2, 0) is 14.3 Å². The predicted octanol–water partition coefficient (Wildman–Crippen LogP) is 12.4. The minimum absolute atomic E-state index is 0.0855. The van der Waals surface area contributed by atoms with Crippen LogP contribution in [0, 0.1) is 0 Å². The number of hydrogen-bond acceptors (Lipinski definition) is 5. The summed E-state index contributed by atoms with van der Waals surface area (Å²) in [5.74, 6) is -0.463. The summed E-state index contributed by atoms with van der Waals surface area (Å²) < 4.78 is 5.88. The molecule has 0 aromatic carbocycles. The Morgan fingerprint density at radius 1 is 0.500 bits per heavy atom. The summed E-state index contributed by atoms with van der Waals surface area (Å²) in [6.45, 7) is 6.44. The van der Waals surface area contributed by atoms with Gasteiger partial charge in [0.25, 0.3) is 0 Å². The van der Waals surface area contributed by atoms with Crippen LogP contribution in [0.5, 0.6) is 0 Å². The molecule has 3 unspecified atom stereocenters. The molecule has 3 N–H and O–H groups in total. The Hall–Kier alpha value is -1.14. The molecule has 0 rings (SSSR count). The van der Waals surface area contributed by atoms with E-state index in [0.717, 1.165) is 44.9 Å². The summed E-state index contributed by atoms with van der Waals surface area (Å²) in [6.07, 6.45) is 38.8. The third kappa shape index (κ3) is 34.0. The maximum atomic E-state index is 13.0. The third-order valence-corrected chi connectivity index (χ3v) is 10.4. The average Bonchev–Trinajstić information content (AvgIpc) is 3.10. The van der Waals surface area contributed by atoms with Gasteiger partial charge in [-0.3, -0.25) is 9.59 Å². The lowest BCUT2D eigenvalue weighted by molar-refractivity contribution is -0.151. The molecule has 3 atom stereocenters. The number of rotatable bonds is 40. The molecule has 0 aromatic rings. The van der Waals surface area contributed by atoms with Crippen LogP contribution in [0.3, 0.4) is 0 Å². The Bertz CT molecular complexity index is 717. The quantitative estimate of drug-likeness (QED) is 0.0435. The van der Waals surface area contributed by atoms with Gasteiger partial charge in [0.15, 0.2) is 0 Å². The summed E-state index contributed by atoms with van der Waals surface area (Å²) in [7, 11) is 0. The molecule has 0 fully saturated rings. The molecule has 0 aliphatic carbocycles. The monoisotopic (exact) mass is 710 g/mol. The Kier molecular flexibility index (Phi) is 38.2. The van der Waals surface area contributed by atoms with Crippen LogP contribution in [0.4, 0.5) is 0 Å². The van der Waals surface area contributed by atoms with Crippen LogP contribution >= 0.6 is 0 Å². The summed E-state index contributed by atoms with van der Waals surface area (Å²) in [6, 6.07) is -0.688. The Morgan fingerprint density at radius 3 is 1.22 bits per heavy atom. The third-order valence-electron chi connectivity index (χ3n) is 10.4. The van der Waals surface area contributed by atoms with Crippen molar-refractivity contribution in [3.05, 3.63) is 0 Å². The van der Waals surface area contributed by atoms with Gasteiger partial charge in [-0.1, -0.05) is 207 Å². The maximum Gasteiger partial charge on any atom is 0.306 e. The van der Waals surface area contributed by atoms with Gasteiger partial charge in [-0.2, -0.15) is 0 Å². The molecule has 0 saturated heterocycles. The fourth-order valence-electron chi connectivity index (χ4n) is 7.02. The number of carbonyl (C=O) groups is 2. The van der Waals surface area contributed by atoms with Gasteiger partial charge in [0.05, 0.1) is 25.2 Å². The van der Waals surface area contributed by atoms with Crippen molar-refractivity contribution in [2.75, 3.05) is 6.61 Å². The van der Waals surface area contributed by atoms with Crippen LogP contribution in [0.2, 0.25) is 0 Å². The van der Waals surface area contributed by atoms with Crippen molar-refractivity contribution in [3.8, 4) is 0 Å². The Balaban J connectivity index is 4.45. The zero-order valence-corrected chi connectivity index (χ0v) is 33.8. The second kappa shape index (κ2) is 39.1. The molecule has 0 aliphatic rings. The highest BCUT2D eigenvalue weighted by molar-refractivity contribution is 5.77. The summed E-state index contributed by atoms with van der Waals surface area (Å²) in [4.78, 5) is 25.8. The second-order valence-corrected chi connectivity index (χ2v) is 15.5. The number of amides is 1. The number of ether oxygens (including phenoxy) is 1. The lowest BCUT2D eigenvalue weighted by Gasteiger charge is -2.24. The molecule has 0 radical (unpaired) electrons. The molecule has 0 spiro atoms. The largest absolute Gasteiger partial charge is 0.462 e. The number of esters is 1. The Labute approximate surface area is 311 Å². The standard InChI is InChI=1S/C44H87NO5/c1-4-7-10-13-16-19-20-21-22-23-25-28-31-34-37-44(49)50-40(35-32-29-26-18-15-12-9-6-3)38-43(48)45-41(39-46)42(47)36-33-30-27-24-17-14-11-8-5-2/h40-42,46-47H,4-39H2,1-3H3,(H,45,48). The molecular weight excluding hydrogens is 622 g/mol. The number of hydrogen-bond donors (Lipinski definition) is 3. The number of aliphatic hydroxyl groups excluding tert-OH is 2. The predicted molar refractivity (Wildman–Crippen MR) is 214 cm³/mol. The smallest absolute Gasteiger partial charge is 0.306 e. The number of aliphatic hydroxyl groups is 2. The molecule has 0 aliphatic heterocycles. The van der Waals surface area contributed by atoms with E-state index in [1.807, 2.05) is 0 Å². The highest BCUT2D eigenvalue weighted by Crippen LogP contribution is 2.18. The first-order valence-electron chi connectivity index (χ1n) is 22.3. The van der Waals surface area contributed by atoms with Gasteiger partial charge in [-0.15, -0.1) is 0 Å². The van der Waals surface area contributed by atoms with Gasteiger partial charge >= 0.3 is 5.97 Å². The van der Waals surface area contributed by atoms with Crippen LogP contribution in [-0.4, -0.2) is 46.9 Å². The van der Waals surface area contributed by atoms with Crippen molar-refractivity contribution >= 4 is 11.9 Å². The van der Waals surface area contributed by atoms with E-state index in [-0.39, 0.29) is 24.9 Å². The zero-order valence-electron chi connectivity index (χ0n) is 33.8. The molecule has 6 nitrogen and oxygen atoms in total. The summed E-state index contributed by atoms with van der Waals surface area (Å²) in [5, 5.41) is 23.5. The van der Waals surface area contributed by atoms with Crippen LogP contribution in [0.1, 0.15) is 245 Å². The van der Waals surface area contributed by atoms with Crippen molar-refractivity contribution in [2.24, 2.45) is 0 Å². The normalized spacial score (nSPS) is 13.3. The van der Waals surface area contributed by atoms with Crippen LogP contribution < -0.4 is 5.32 Å². The summed E-state index contributed by atoms with van der Waals surface area (Å²) in [5.41, 5.74) is 0. The molecule has 1 amide bonds. The fourth-order valence-corrected chi connectivity index (χ4v) is 7.02. The minimum atomic E-state index is -0.775. The van der Waals surface area contributed by atoms with Crippen molar-refractivity contribution in [1.82, 2.24) is 5.32 Å². The highest BCUT2D eigenvalue weighted by Gasteiger charge is 2.24. The maximum absolute atomic E-state index is 13.0. The lowest BCUT2D eigenvalue weighted by atomic mass is 10.0. The summed E-state index contributed by atoms with van der Waals surface area (Å²) >= 11 is 0. The van der Waals surface area contributed by atoms with E-state index in [9.17, 15) is 19.8 Å². The van der Waals surface area contributed by atoms with E-state index >= 15 is 0 Å². The Morgan fingerprint density at radius 2 is 0.840 bits per heavy atom. The molecule has 50 heavy (non-hydrogen) atoms. The first kappa shape index (κ1) is 48.9. The van der Waals surface area contributed by atoms with Crippen LogP contribution in [0.25, 0.3) is 0 Å². The lowest BCUT2D eigenvalue weighted by Crippen LogP contribution is -2.46. The van der Waals surface area contributed by atoms with Gasteiger partial charge in [0.1, 0.15) is 6.10 Å². The molecule has 0 heterocycles. The average molecular weight is 710 g/mol. The van der Waals surface area contributed by atoms with E-state index in [4.69, 9.17) is 4.74 Å². The highest BCUT2D eigenvalue weighted by atomic mass is 16.5. The van der Waals surface area contributed by atoms with Crippen molar-refractivity contribution in [3.63, 3.8) is 0 Å². The number of carbonyl (C=O) groups excluding carboxylic acids is 2. The fraction of sp³-hybridized carbons (Fsp3) is 0.955. The molecular formula is C44H87NO5. The number of nitrogens with one attached hydrogen (secondary N) is 1. The van der Waals surface area contributed by atoms with Crippen molar-refractivity contribution in [1.29, 1.82) is 0 Å². The van der Waals surface area contributed by atoms with Gasteiger partial charge < -0.3 is 20.3 Å². The number of unbranched alkanes of at least 4 members (excludes halogenated alkanes) is 28. The molecule has 6 heteroatoms. The first-order valence-corrected chi connectivity index (χ1v) is 22.3. The SMILES string of the molecule is CCCCCCCCCCCCCCCCC(=O)OC(CCCCCCCCCC)CC(=O)NC(CO)C(O)CCCCCCCCCCC. The molecule has 0 saturated carbocycles. The molecule has 0 bridgehead atoms. The van der Waals surface area contributed by atoms with Gasteiger partial charge in [-0.05, 0) is 25.7 Å². The van der Waals surface area contributed by atoms with Gasteiger partial charge in [0.2, 0.25) is 5.91 Å². The van der Waals surface area contributed by atoms with E-state index < -0.39 is 18.2 Å². The van der Waals surface area contributed by atoms with Crippen molar-refractivity contribution in [2.45, 2.75) is 264 Å². The van der Waals surface area contributed by atoms with E-state index in [2.05, 4.69) is 26.1 Å². The van der Waals surface area contributed by atoms with Gasteiger partial charge in [-0.25, -0.2) is 0 Å². The molecule has 0 aromatic heterocycles. The van der Waals surface area contributed by atoms with Crippen molar-refractivity contribution < 1.29 is 24.5 Å². The first-order chi connectivity index (χ1) is 24.5. The van der Waals surface area contributed by atoms with E-state index in [1.165, 1.54) is 154 Å². The minimum Gasteiger partial charge on any atom is -0.462 e.